The first-order valence-electron chi connectivity index (χ1n) is 7.33. The molecule has 2 rings (SSSR count). The zero-order valence-electron chi connectivity index (χ0n) is 11.8. The number of carbonyl (C=O) groups excluding carboxylic acids is 1. The highest BCUT2D eigenvalue weighted by Crippen LogP contribution is 2.17. The predicted octanol–water partition coefficient (Wildman–Crippen LogP) is 2.35. The highest BCUT2D eigenvalue weighted by Gasteiger charge is 2.04. The Bertz CT molecular complexity index is 547. The number of amides is 1. The number of aromatic amines is 1. The third kappa shape index (κ3) is 4.10. The lowest BCUT2D eigenvalue weighted by Crippen LogP contribution is -2.25. The third-order valence-corrected chi connectivity index (χ3v) is 3.50. The molecule has 20 heavy (non-hydrogen) atoms. The van der Waals surface area contributed by atoms with Gasteiger partial charge in [-0.3, -0.25) is 4.79 Å². The molecule has 1 aromatic heterocycles. The van der Waals surface area contributed by atoms with Gasteiger partial charge in [0, 0.05) is 30.1 Å². The van der Waals surface area contributed by atoms with Crippen LogP contribution in [0.1, 0.15) is 31.2 Å². The maximum absolute atomic E-state index is 11.6. The molecule has 0 bridgehead atoms. The van der Waals surface area contributed by atoms with Gasteiger partial charge in [-0.15, -0.1) is 0 Å². The van der Waals surface area contributed by atoms with E-state index < -0.39 is 0 Å². The summed E-state index contributed by atoms with van der Waals surface area (Å²) in [4.78, 5) is 14.9. The van der Waals surface area contributed by atoms with Gasteiger partial charge in [-0.05, 0) is 37.4 Å². The van der Waals surface area contributed by atoms with Crippen molar-refractivity contribution in [2.75, 3.05) is 13.1 Å². The number of para-hydroxylation sites is 1. The van der Waals surface area contributed by atoms with Gasteiger partial charge in [0.05, 0.1) is 0 Å². The highest BCUT2D eigenvalue weighted by atomic mass is 16.1. The van der Waals surface area contributed by atoms with Crippen LogP contribution < -0.4 is 11.1 Å². The second-order valence-corrected chi connectivity index (χ2v) is 5.06. The molecule has 0 spiro atoms. The molecular weight excluding hydrogens is 250 g/mol. The summed E-state index contributed by atoms with van der Waals surface area (Å²) in [5, 5.41) is 4.22. The second kappa shape index (κ2) is 7.70. The Morgan fingerprint density at radius 1 is 1.20 bits per heavy atom. The maximum Gasteiger partial charge on any atom is 0.220 e. The van der Waals surface area contributed by atoms with Crippen LogP contribution >= 0.6 is 0 Å². The van der Waals surface area contributed by atoms with Crippen LogP contribution in [0.4, 0.5) is 0 Å². The number of carbonyl (C=O) groups is 1. The summed E-state index contributed by atoms with van der Waals surface area (Å²) in [5.74, 6) is 0.141. The van der Waals surface area contributed by atoms with Gasteiger partial charge in [-0.1, -0.05) is 24.6 Å². The Morgan fingerprint density at radius 3 is 2.90 bits per heavy atom. The van der Waals surface area contributed by atoms with Crippen LogP contribution in [0.3, 0.4) is 0 Å². The van der Waals surface area contributed by atoms with Crippen molar-refractivity contribution in [3.05, 3.63) is 36.0 Å². The van der Waals surface area contributed by atoms with E-state index >= 15 is 0 Å². The molecule has 1 heterocycles. The number of nitrogens with one attached hydrogen (secondary N) is 2. The molecule has 2 aromatic rings. The van der Waals surface area contributed by atoms with Gasteiger partial charge in [-0.2, -0.15) is 0 Å². The molecule has 4 nitrogen and oxygen atoms in total. The van der Waals surface area contributed by atoms with Crippen LogP contribution in [-0.4, -0.2) is 24.0 Å². The molecule has 0 radical (unpaired) electrons. The molecule has 0 saturated heterocycles. The summed E-state index contributed by atoms with van der Waals surface area (Å²) >= 11 is 0. The topological polar surface area (TPSA) is 70.9 Å². The van der Waals surface area contributed by atoms with Crippen molar-refractivity contribution < 1.29 is 4.79 Å². The van der Waals surface area contributed by atoms with Gasteiger partial charge in [-0.25, -0.2) is 0 Å². The molecule has 108 valence electrons. The van der Waals surface area contributed by atoms with E-state index in [2.05, 4.69) is 22.4 Å². The normalized spacial score (nSPS) is 10.8. The minimum atomic E-state index is 0.141. The minimum Gasteiger partial charge on any atom is -0.361 e. The zero-order chi connectivity index (χ0) is 14.2. The van der Waals surface area contributed by atoms with E-state index in [1.54, 1.807) is 0 Å². The molecule has 0 fully saturated rings. The number of fused-ring (bicyclic) bond motifs is 1. The average molecular weight is 273 g/mol. The minimum absolute atomic E-state index is 0.141. The number of unbranched alkanes of at least 4 members (excludes halogenated alkanes) is 2. The average Bonchev–Trinajstić information content (AvgIpc) is 2.87. The first kappa shape index (κ1) is 14.6. The first-order chi connectivity index (χ1) is 9.81. The quantitative estimate of drug-likeness (QED) is 0.646. The Kier molecular flexibility index (Phi) is 5.62. The van der Waals surface area contributed by atoms with Crippen LogP contribution in [0.5, 0.6) is 0 Å². The molecule has 0 atom stereocenters. The number of nitrogens with two attached hydrogens (primary N) is 1. The number of benzene rings is 1. The van der Waals surface area contributed by atoms with Crippen LogP contribution in [0, 0.1) is 0 Å². The van der Waals surface area contributed by atoms with Crippen molar-refractivity contribution in [3.8, 4) is 0 Å². The van der Waals surface area contributed by atoms with Crippen molar-refractivity contribution in [1.82, 2.24) is 10.3 Å². The maximum atomic E-state index is 11.6. The molecule has 4 heteroatoms. The van der Waals surface area contributed by atoms with Crippen molar-refractivity contribution in [3.63, 3.8) is 0 Å². The van der Waals surface area contributed by atoms with E-state index in [0.29, 0.717) is 19.5 Å². The van der Waals surface area contributed by atoms with E-state index in [9.17, 15) is 4.79 Å². The summed E-state index contributed by atoms with van der Waals surface area (Å²) in [7, 11) is 0. The fourth-order valence-electron chi connectivity index (χ4n) is 2.37. The van der Waals surface area contributed by atoms with Gasteiger partial charge in [0.2, 0.25) is 5.91 Å². The molecule has 4 N–H and O–H groups in total. The number of rotatable bonds is 8. The largest absolute Gasteiger partial charge is 0.361 e. The van der Waals surface area contributed by atoms with Crippen LogP contribution in [0.15, 0.2) is 30.5 Å². The van der Waals surface area contributed by atoms with E-state index in [1.165, 1.54) is 10.9 Å². The fourth-order valence-corrected chi connectivity index (χ4v) is 2.37. The number of hydrogen-bond acceptors (Lipinski definition) is 2. The Hall–Kier alpha value is -1.81. The number of hydrogen-bond donors (Lipinski definition) is 3. The molecular formula is C16H23N3O. The SMILES string of the molecule is NCCCCCC(=O)NCCc1c[nH]c2ccccc12. The lowest BCUT2D eigenvalue weighted by molar-refractivity contribution is -0.121. The van der Waals surface area contributed by atoms with E-state index in [-0.39, 0.29) is 5.91 Å². The molecule has 0 aliphatic carbocycles. The molecule has 1 aromatic carbocycles. The zero-order valence-corrected chi connectivity index (χ0v) is 11.8. The summed E-state index contributed by atoms with van der Waals surface area (Å²) in [6.07, 6.45) is 6.45. The van der Waals surface area contributed by atoms with Crippen LogP contribution in [-0.2, 0) is 11.2 Å². The summed E-state index contributed by atoms with van der Waals surface area (Å²) < 4.78 is 0. The molecule has 0 aliphatic rings. The monoisotopic (exact) mass is 273 g/mol. The van der Waals surface area contributed by atoms with Crippen LogP contribution in [0.2, 0.25) is 0 Å². The molecule has 0 aliphatic heterocycles. The van der Waals surface area contributed by atoms with Gasteiger partial charge in [0.15, 0.2) is 0 Å². The standard InChI is InChI=1S/C16H23N3O/c17-10-5-1-2-8-16(20)18-11-9-13-12-19-15-7-4-3-6-14(13)15/h3-4,6-7,12,19H,1-2,5,8-11,17H2,(H,18,20). The van der Waals surface area contributed by atoms with Crippen LogP contribution in [0.25, 0.3) is 10.9 Å². The van der Waals surface area contributed by atoms with Gasteiger partial charge < -0.3 is 16.0 Å². The van der Waals surface area contributed by atoms with Gasteiger partial charge in [0.25, 0.3) is 0 Å². The van der Waals surface area contributed by atoms with Crippen molar-refractivity contribution in [2.24, 2.45) is 5.73 Å². The summed E-state index contributed by atoms with van der Waals surface area (Å²) in [5.41, 5.74) is 7.82. The third-order valence-electron chi connectivity index (χ3n) is 3.50. The fraction of sp³-hybridized carbons (Fsp3) is 0.438. The summed E-state index contributed by atoms with van der Waals surface area (Å²) in [6, 6.07) is 8.23. The lowest BCUT2D eigenvalue weighted by atomic mass is 10.1. The summed E-state index contributed by atoms with van der Waals surface area (Å²) in [6.45, 7) is 1.40. The first-order valence-corrected chi connectivity index (χ1v) is 7.33. The predicted molar refractivity (Wildman–Crippen MR) is 82.5 cm³/mol. The Balaban J connectivity index is 1.71. The van der Waals surface area contributed by atoms with Crippen molar-refractivity contribution in [1.29, 1.82) is 0 Å². The Labute approximate surface area is 119 Å². The second-order valence-electron chi connectivity index (χ2n) is 5.06. The van der Waals surface area contributed by atoms with E-state index in [4.69, 9.17) is 5.73 Å². The molecule has 0 saturated carbocycles. The number of aromatic nitrogens is 1. The van der Waals surface area contributed by atoms with Crippen molar-refractivity contribution in [2.45, 2.75) is 32.1 Å². The van der Waals surface area contributed by atoms with E-state index in [0.717, 1.165) is 31.2 Å². The van der Waals surface area contributed by atoms with E-state index in [1.807, 2.05) is 18.3 Å². The molecule has 1 amide bonds. The smallest absolute Gasteiger partial charge is 0.220 e. The Morgan fingerprint density at radius 2 is 2.05 bits per heavy atom. The number of H-pyrrole nitrogens is 1. The molecule has 0 unspecified atom stereocenters. The lowest BCUT2D eigenvalue weighted by Gasteiger charge is -2.04. The highest BCUT2D eigenvalue weighted by molar-refractivity contribution is 5.83. The van der Waals surface area contributed by atoms with Gasteiger partial charge in [0.1, 0.15) is 0 Å². The van der Waals surface area contributed by atoms with Gasteiger partial charge >= 0.3 is 0 Å². The van der Waals surface area contributed by atoms with Crippen molar-refractivity contribution >= 4 is 16.8 Å².